The summed E-state index contributed by atoms with van der Waals surface area (Å²) in [7, 11) is -4.32. The van der Waals surface area contributed by atoms with Crippen LogP contribution < -0.4 is 16.0 Å². The number of imide groups is 1. The number of amides is 6. The lowest BCUT2D eigenvalue weighted by atomic mass is 9.97. The van der Waals surface area contributed by atoms with Crippen molar-refractivity contribution in [2.45, 2.75) is 65.8 Å². The zero-order chi connectivity index (χ0) is 37.4. The van der Waals surface area contributed by atoms with Crippen LogP contribution in [0.25, 0.3) is 0 Å². The molecule has 0 bridgehead atoms. The van der Waals surface area contributed by atoms with E-state index in [0.717, 1.165) is 22.0 Å². The van der Waals surface area contributed by atoms with Crippen molar-refractivity contribution < 1.29 is 56.0 Å². The first-order chi connectivity index (χ1) is 23.3. The van der Waals surface area contributed by atoms with E-state index < -0.39 is 100 Å². The van der Waals surface area contributed by atoms with E-state index in [1.54, 1.807) is 58.9 Å². The molecule has 274 valence electrons. The summed E-state index contributed by atoms with van der Waals surface area (Å²) in [6.07, 6.45) is 1.92. The molecule has 0 spiro atoms. The number of esters is 1. The Labute approximate surface area is 289 Å². The number of nitrogens with one attached hydrogen (secondary N) is 3. The summed E-state index contributed by atoms with van der Waals surface area (Å²) in [6, 6.07) is 3.36. The van der Waals surface area contributed by atoms with E-state index in [0.29, 0.717) is 11.3 Å². The molecule has 50 heavy (non-hydrogen) atoms. The van der Waals surface area contributed by atoms with E-state index in [-0.39, 0.29) is 25.6 Å². The number of hydrogen-bond donors (Lipinski definition) is 4. The van der Waals surface area contributed by atoms with Crippen molar-refractivity contribution in [1.82, 2.24) is 20.4 Å². The average molecular weight is 722 g/mol. The number of rotatable bonds is 16. The maximum absolute atomic E-state index is 13.4. The fourth-order valence-electron chi connectivity index (χ4n) is 4.98. The van der Waals surface area contributed by atoms with Gasteiger partial charge in [0.1, 0.15) is 18.7 Å². The van der Waals surface area contributed by atoms with Gasteiger partial charge in [-0.05, 0) is 44.4 Å². The Bertz CT molecular complexity index is 1600. The van der Waals surface area contributed by atoms with Crippen LogP contribution in [0, 0.1) is 11.3 Å². The van der Waals surface area contributed by atoms with Gasteiger partial charge in [0, 0.05) is 24.3 Å². The van der Waals surface area contributed by atoms with Crippen LogP contribution in [-0.2, 0) is 59.8 Å². The van der Waals surface area contributed by atoms with E-state index in [1.807, 2.05) is 0 Å². The van der Waals surface area contributed by atoms with Crippen LogP contribution in [0.3, 0.4) is 0 Å². The number of nitrogens with zero attached hydrogens (tertiary/aromatic N) is 2. The smallest absolute Gasteiger partial charge is 0.311 e. The Hall–Kier alpha value is -4.68. The molecule has 4 N–H and O–H groups in total. The minimum atomic E-state index is -4.32. The van der Waals surface area contributed by atoms with Crippen LogP contribution in [0.5, 0.6) is 0 Å². The second-order valence-electron chi connectivity index (χ2n) is 13.2. The lowest BCUT2D eigenvalue weighted by Gasteiger charge is -2.27. The van der Waals surface area contributed by atoms with Crippen LogP contribution in [0.4, 0.5) is 5.69 Å². The highest BCUT2D eigenvalue weighted by Gasteiger charge is 2.47. The van der Waals surface area contributed by atoms with Crippen molar-refractivity contribution in [2.75, 3.05) is 37.4 Å². The van der Waals surface area contributed by atoms with Crippen molar-refractivity contribution >= 4 is 57.2 Å². The second kappa shape index (κ2) is 16.8. The maximum atomic E-state index is 13.4. The maximum Gasteiger partial charge on any atom is 0.311 e. The zero-order valence-corrected chi connectivity index (χ0v) is 29.3. The lowest BCUT2D eigenvalue weighted by molar-refractivity contribution is -0.154. The molecule has 6 amide bonds. The third kappa shape index (κ3) is 11.4. The SMILES string of the molecule is CC(C)C(NC(=O)CN1C(=O)C(N2C(=O)C=CC2=O)C[C@H]1COCCS(=O)(=O)O)C(=O)NCC(=O)Nc1ccc(COC(=O)C(C)(C)C)cc1. The Kier molecular flexibility index (Phi) is 13.4. The molecule has 2 unspecified atom stereocenters. The Balaban J connectivity index is 1.56. The molecule has 17 nitrogen and oxygen atoms in total. The fourth-order valence-corrected chi connectivity index (χ4v) is 5.31. The van der Waals surface area contributed by atoms with E-state index in [4.69, 9.17) is 14.0 Å². The topological polar surface area (TPSA) is 235 Å². The third-order valence-corrected chi connectivity index (χ3v) is 8.36. The summed E-state index contributed by atoms with van der Waals surface area (Å²) in [6.45, 7) is 6.91. The first-order valence-electron chi connectivity index (χ1n) is 15.8. The molecule has 0 aromatic heterocycles. The van der Waals surface area contributed by atoms with E-state index in [2.05, 4.69) is 16.0 Å². The van der Waals surface area contributed by atoms with Gasteiger partial charge in [-0.15, -0.1) is 0 Å². The van der Waals surface area contributed by atoms with E-state index in [9.17, 15) is 42.0 Å². The quantitative estimate of drug-likeness (QED) is 0.0750. The number of ether oxygens (including phenoxy) is 2. The van der Waals surface area contributed by atoms with Crippen molar-refractivity contribution in [3.8, 4) is 0 Å². The van der Waals surface area contributed by atoms with Gasteiger partial charge in [-0.3, -0.25) is 43.0 Å². The molecule has 2 heterocycles. The van der Waals surface area contributed by atoms with Gasteiger partial charge < -0.3 is 30.3 Å². The molecule has 1 aromatic rings. The van der Waals surface area contributed by atoms with Gasteiger partial charge in [0.2, 0.25) is 23.6 Å². The highest BCUT2D eigenvalue weighted by Crippen LogP contribution is 2.26. The standard InChI is InChI=1S/C32H43N5O12S/c1-19(2)28(29(42)33-15-24(38)34-21-8-6-20(7-9-21)17-49-31(44)32(3,4)5)35-25(39)16-36-22(18-48-12-13-50(45,46)47)14-23(30(36)43)37-26(40)10-11-27(37)41/h6-11,19,22-23,28H,12-18H2,1-5H3,(H,33,42)(H,34,38)(H,35,39)(H,45,46,47)/t22-,23?,28?/m0/s1. The molecule has 2 aliphatic rings. The fraction of sp³-hybridized carbons (Fsp3) is 0.531. The number of carbonyl (C=O) groups is 7. The van der Waals surface area contributed by atoms with Crippen LogP contribution in [-0.4, -0.2) is 114 Å². The van der Waals surface area contributed by atoms with Crippen LogP contribution >= 0.6 is 0 Å². The molecule has 1 saturated heterocycles. The third-order valence-electron chi connectivity index (χ3n) is 7.68. The highest BCUT2D eigenvalue weighted by molar-refractivity contribution is 7.85. The molecular formula is C32H43N5O12S. The first-order valence-corrected chi connectivity index (χ1v) is 17.4. The molecule has 1 aromatic carbocycles. The predicted molar refractivity (Wildman–Crippen MR) is 176 cm³/mol. The minimum absolute atomic E-state index is 0.0654. The molecule has 0 radical (unpaired) electrons. The van der Waals surface area contributed by atoms with Crippen molar-refractivity contribution in [2.24, 2.45) is 11.3 Å². The molecule has 2 aliphatic heterocycles. The Morgan fingerprint density at radius 2 is 1.62 bits per heavy atom. The number of anilines is 1. The predicted octanol–water partition coefficient (Wildman–Crippen LogP) is -0.230. The Morgan fingerprint density at radius 3 is 2.18 bits per heavy atom. The average Bonchev–Trinajstić information content (AvgIpc) is 3.51. The van der Waals surface area contributed by atoms with Gasteiger partial charge in [-0.2, -0.15) is 8.42 Å². The summed E-state index contributed by atoms with van der Waals surface area (Å²) in [5.41, 5.74) is 0.502. The van der Waals surface area contributed by atoms with Gasteiger partial charge in [0.15, 0.2) is 0 Å². The van der Waals surface area contributed by atoms with E-state index in [1.165, 1.54) is 0 Å². The summed E-state index contributed by atoms with van der Waals surface area (Å²) in [5, 5.41) is 7.67. The van der Waals surface area contributed by atoms with Crippen molar-refractivity contribution in [3.63, 3.8) is 0 Å². The molecule has 3 atom stereocenters. The number of hydrogen-bond acceptors (Lipinski definition) is 11. The van der Waals surface area contributed by atoms with Crippen molar-refractivity contribution in [1.29, 1.82) is 0 Å². The van der Waals surface area contributed by atoms with Crippen LogP contribution in [0.2, 0.25) is 0 Å². The molecule has 1 fully saturated rings. The minimum Gasteiger partial charge on any atom is -0.460 e. The number of benzene rings is 1. The van der Waals surface area contributed by atoms with Gasteiger partial charge in [-0.1, -0.05) is 26.0 Å². The van der Waals surface area contributed by atoms with Gasteiger partial charge in [-0.25, -0.2) is 0 Å². The number of likely N-dealkylation sites (tertiary alicyclic amines) is 1. The van der Waals surface area contributed by atoms with Gasteiger partial charge in [0.05, 0.1) is 43.5 Å². The molecule has 3 rings (SSSR count). The lowest BCUT2D eigenvalue weighted by Crippen LogP contribution is -2.54. The van der Waals surface area contributed by atoms with Gasteiger partial charge in [0.25, 0.3) is 21.9 Å². The second-order valence-corrected chi connectivity index (χ2v) is 14.8. The van der Waals surface area contributed by atoms with Gasteiger partial charge >= 0.3 is 5.97 Å². The normalized spacial score (nSPS) is 18.4. The van der Waals surface area contributed by atoms with Crippen molar-refractivity contribution in [3.05, 3.63) is 42.0 Å². The summed E-state index contributed by atoms with van der Waals surface area (Å²) in [4.78, 5) is 90.5. The zero-order valence-electron chi connectivity index (χ0n) is 28.5. The molecule has 18 heteroatoms. The Morgan fingerprint density at radius 1 is 1.00 bits per heavy atom. The van der Waals surface area contributed by atoms with E-state index >= 15 is 0 Å². The molecule has 0 aliphatic carbocycles. The molecule has 0 saturated carbocycles. The summed E-state index contributed by atoms with van der Waals surface area (Å²) >= 11 is 0. The summed E-state index contributed by atoms with van der Waals surface area (Å²) in [5.74, 6) is -5.63. The first kappa shape index (κ1) is 39.8. The highest BCUT2D eigenvalue weighted by atomic mass is 32.2. The number of carbonyl (C=O) groups excluding carboxylic acids is 7. The largest absolute Gasteiger partial charge is 0.460 e. The van der Waals surface area contributed by atoms with Crippen LogP contribution in [0.15, 0.2) is 36.4 Å². The monoisotopic (exact) mass is 721 g/mol. The summed E-state index contributed by atoms with van der Waals surface area (Å²) < 4.78 is 41.6. The van der Waals surface area contributed by atoms with Crippen LogP contribution in [0.1, 0.15) is 46.6 Å². The molecular weight excluding hydrogens is 678 g/mol.